The fourth-order valence-electron chi connectivity index (χ4n) is 2.24. The van der Waals surface area contributed by atoms with Crippen molar-refractivity contribution in [1.82, 2.24) is 0 Å². The summed E-state index contributed by atoms with van der Waals surface area (Å²) in [7, 11) is 1.37. The van der Waals surface area contributed by atoms with Crippen LogP contribution in [0.1, 0.15) is 35.7 Å². The fraction of sp³-hybridized carbons (Fsp3) is 0.263. The number of aromatic carboxylic acids is 1. The van der Waals surface area contributed by atoms with Crippen LogP contribution in [0.5, 0.6) is 11.5 Å². The molecule has 2 aromatic rings. The van der Waals surface area contributed by atoms with Gasteiger partial charge < -0.3 is 19.9 Å². The first-order valence-electron chi connectivity index (χ1n) is 7.84. The molecule has 6 nitrogen and oxygen atoms in total. The van der Waals surface area contributed by atoms with Crippen LogP contribution >= 0.6 is 0 Å². The summed E-state index contributed by atoms with van der Waals surface area (Å²) in [6.45, 7) is 4.06. The number of ether oxygens (including phenoxy) is 2. The average molecular weight is 343 g/mol. The molecule has 25 heavy (non-hydrogen) atoms. The van der Waals surface area contributed by atoms with Crippen LogP contribution in [0.4, 0.5) is 5.69 Å². The number of benzene rings is 2. The molecule has 0 aliphatic heterocycles. The van der Waals surface area contributed by atoms with E-state index >= 15 is 0 Å². The maximum absolute atomic E-state index is 12.0. The van der Waals surface area contributed by atoms with Gasteiger partial charge in [-0.15, -0.1) is 0 Å². The zero-order valence-corrected chi connectivity index (χ0v) is 14.4. The van der Waals surface area contributed by atoms with Crippen LogP contribution in [0.25, 0.3) is 0 Å². The first-order valence-corrected chi connectivity index (χ1v) is 7.84. The van der Waals surface area contributed by atoms with Crippen LogP contribution in [0, 0.1) is 0 Å². The van der Waals surface area contributed by atoms with Crippen molar-refractivity contribution in [3.63, 3.8) is 0 Å². The summed E-state index contributed by atoms with van der Waals surface area (Å²) in [5.41, 5.74) is 1.66. The number of anilines is 1. The van der Waals surface area contributed by atoms with Crippen LogP contribution in [0.15, 0.2) is 42.5 Å². The van der Waals surface area contributed by atoms with Gasteiger partial charge in [0.05, 0.1) is 7.11 Å². The molecule has 132 valence electrons. The molecule has 0 atom stereocenters. The Hall–Kier alpha value is -3.02. The second-order valence-corrected chi connectivity index (χ2v) is 5.78. The van der Waals surface area contributed by atoms with E-state index in [0.717, 1.165) is 0 Å². The van der Waals surface area contributed by atoms with Gasteiger partial charge in [0.25, 0.3) is 5.91 Å². The molecule has 0 fully saturated rings. The number of methoxy groups -OCH3 is 1. The van der Waals surface area contributed by atoms with E-state index < -0.39 is 5.97 Å². The normalized spacial score (nSPS) is 10.4. The van der Waals surface area contributed by atoms with E-state index in [9.17, 15) is 9.59 Å². The third-order valence-electron chi connectivity index (χ3n) is 3.63. The molecule has 0 saturated carbocycles. The summed E-state index contributed by atoms with van der Waals surface area (Å²) in [5, 5.41) is 11.7. The number of hydrogen-bond acceptors (Lipinski definition) is 4. The van der Waals surface area contributed by atoms with Gasteiger partial charge in [-0.2, -0.15) is 0 Å². The van der Waals surface area contributed by atoms with E-state index in [-0.39, 0.29) is 23.8 Å². The molecule has 2 aromatic carbocycles. The molecule has 2 N–H and O–H groups in total. The van der Waals surface area contributed by atoms with E-state index in [1.165, 1.54) is 30.9 Å². The zero-order chi connectivity index (χ0) is 18.4. The molecule has 0 aliphatic carbocycles. The van der Waals surface area contributed by atoms with Gasteiger partial charge in [-0.1, -0.05) is 26.0 Å². The smallest absolute Gasteiger partial charge is 0.339 e. The van der Waals surface area contributed by atoms with E-state index in [0.29, 0.717) is 17.4 Å². The fourth-order valence-corrected chi connectivity index (χ4v) is 2.24. The van der Waals surface area contributed by atoms with E-state index in [2.05, 4.69) is 19.2 Å². The molecule has 0 bridgehead atoms. The van der Waals surface area contributed by atoms with Crippen LogP contribution in [0.2, 0.25) is 0 Å². The second-order valence-electron chi connectivity index (χ2n) is 5.78. The molecule has 0 heterocycles. The predicted octanol–water partition coefficient (Wildman–Crippen LogP) is 3.53. The van der Waals surface area contributed by atoms with Crippen molar-refractivity contribution in [3.05, 3.63) is 53.6 Å². The number of amides is 1. The summed E-state index contributed by atoms with van der Waals surface area (Å²) in [5.74, 6) is -0.226. The molecule has 0 saturated heterocycles. The Morgan fingerprint density at radius 3 is 2.36 bits per heavy atom. The van der Waals surface area contributed by atoms with Gasteiger partial charge in [0.2, 0.25) is 0 Å². The first kappa shape index (κ1) is 18.3. The highest BCUT2D eigenvalue weighted by Crippen LogP contribution is 2.23. The molecule has 0 radical (unpaired) electrons. The van der Waals surface area contributed by atoms with Crippen LogP contribution in [0.3, 0.4) is 0 Å². The van der Waals surface area contributed by atoms with Gasteiger partial charge in [-0.05, 0) is 35.7 Å². The van der Waals surface area contributed by atoms with Crippen LogP contribution < -0.4 is 14.8 Å². The van der Waals surface area contributed by atoms with Crippen molar-refractivity contribution in [2.24, 2.45) is 0 Å². The lowest BCUT2D eigenvalue weighted by Crippen LogP contribution is -2.20. The number of nitrogens with one attached hydrogen (secondary N) is 1. The maximum Gasteiger partial charge on any atom is 0.339 e. The van der Waals surface area contributed by atoms with Crippen molar-refractivity contribution >= 4 is 17.6 Å². The van der Waals surface area contributed by atoms with Crippen molar-refractivity contribution in [2.75, 3.05) is 19.0 Å². The number of carboxylic acid groups (broad SMARTS) is 1. The predicted molar refractivity (Wildman–Crippen MR) is 94.6 cm³/mol. The molecule has 0 spiro atoms. The summed E-state index contributed by atoms with van der Waals surface area (Å²) in [6.07, 6.45) is 0. The minimum absolute atomic E-state index is 0.0296. The highest BCUT2D eigenvalue weighted by molar-refractivity contribution is 5.95. The summed E-state index contributed by atoms with van der Waals surface area (Å²) in [6, 6.07) is 11.9. The first-order chi connectivity index (χ1) is 11.9. The molecule has 0 aromatic heterocycles. The van der Waals surface area contributed by atoms with E-state index in [1.807, 2.05) is 24.3 Å². The zero-order valence-electron chi connectivity index (χ0n) is 14.4. The minimum Gasteiger partial charge on any atom is -0.496 e. The van der Waals surface area contributed by atoms with Gasteiger partial charge in [0, 0.05) is 11.8 Å². The summed E-state index contributed by atoms with van der Waals surface area (Å²) < 4.78 is 10.5. The minimum atomic E-state index is -1.09. The molecule has 2 rings (SSSR count). The molecule has 6 heteroatoms. The molecule has 1 amide bonds. The molecular formula is C19H21NO5. The Morgan fingerprint density at radius 1 is 1.12 bits per heavy atom. The van der Waals surface area contributed by atoms with Gasteiger partial charge in [-0.25, -0.2) is 4.79 Å². The number of rotatable bonds is 7. The number of carbonyl (C=O) groups excluding carboxylic acids is 1. The van der Waals surface area contributed by atoms with Crippen molar-refractivity contribution < 1.29 is 24.2 Å². The standard InChI is InChI=1S/C19H21NO5/c1-12(2)13-4-7-15(8-5-13)25-11-18(21)20-14-6-9-16(19(22)23)17(10-14)24-3/h4-10,12H,11H2,1-3H3,(H,20,21)(H,22,23). The molecular weight excluding hydrogens is 322 g/mol. The lowest BCUT2D eigenvalue weighted by molar-refractivity contribution is -0.118. The summed E-state index contributed by atoms with van der Waals surface area (Å²) in [4.78, 5) is 23.0. The molecule has 0 unspecified atom stereocenters. The maximum atomic E-state index is 12.0. The quantitative estimate of drug-likeness (QED) is 0.803. The van der Waals surface area contributed by atoms with Gasteiger partial charge >= 0.3 is 5.97 Å². The highest BCUT2D eigenvalue weighted by atomic mass is 16.5. The topological polar surface area (TPSA) is 84.9 Å². The number of hydrogen-bond donors (Lipinski definition) is 2. The van der Waals surface area contributed by atoms with Crippen molar-refractivity contribution in [1.29, 1.82) is 0 Å². The number of carboxylic acids is 1. The lowest BCUT2D eigenvalue weighted by Gasteiger charge is -2.11. The SMILES string of the molecule is COc1cc(NC(=O)COc2ccc(C(C)C)cc2)ccc1C(=O)O. The largest absolute Gasteiger partial charge is 0.496 e. The Morgan fingerprint density at radius 2 is 1.80 bits per heavy atom. The van der Waals surface area contributed by atoms with Gasteiger partial charge in [0.1, 0.15) is 17.1 Å². The highest BCUT2D eigenvalue weighted by Gasteiger charge is 2.12. The Balaban J connectivity index is 1.95. The van der Waals surface area contributed by atoms with Crippen LogP contribution in [-0.4, -0.2) is 30.7 Å². The van der Waals surface area contributed by atoms with Crippen molar-refractivity contribution in [2.45, 2.75) is 19.8 Å². The van der Waals surface area contributed by atoms with Gasteiger partial charge in [0.15, 0.2) is 6.61 Å². The average Bonchev–Trinajstić information content (AvgIpc) is 2.60. The Bertz CT molecular complexity index is 753. The van der Waals surface area contributed by atoms with E-state index in [1.54, 1.807) is 0 Å². The van der Waals surface area contributed by atoms with Crippen molar-refractivity contribution in [3.8, 4) is 11.5 Å². The lowest BCUT2D eigenvalue weighted by atomic mass is 10.0. The summed E-state index contributed by atoms with van der Waals surface area (Å²) >= 11 is 0. The number of carbonyl (C=O) groups is 2. The Labute approximate surface area is 146 Å². The third kappa shape index (κ3) is 4.97. The van der Waals surface area contributed by atoms with Gasteiger partial charge in [-0.3, -0.25) is 4.79 Å². The van der Waals surface area contributed by atoms with Crippen LogP contribution in [-0.2, 0) is 4.79 Å². The molecule has 0 aliphatic rings. The monoisotopic (exact) mass is 343 g/mol. The Kier molecular flexibility index (Phi) is 6.00. The third-order valence-corrected chi connectivity index (χ3v) is 3.63. The van der Waals surface area contributed by atoms with E-state index in [4.69, 9.17) is 14.6 Å². The second kappa shape index (κ2) is 8.19.